The summed E-state index contributed by atoms with van der Waals surface area (Å²) in [5, 5.41) is 10.3. The van der Waals surface area contributed by atoms with Gasteiger partial charge >= 0.3 is 5.97 Å². The standard InChI is InChI=1S/C27H42O3/c1-16-6-5-12-27(24(29)30)15-10-20-18(23(16)27)7-8-22-25(3)14-11-21(28)17(2)19(25)9-13-26(20,22)4/h16-20,22-23H,5-15H2,1-4H3,(H,29,30). The minimum Gasteiger partial charge on any atom is -0.481 e. The van der Waals surface area contributed by atoms with Gasteiger partial charge in [-0.25, -0.2) is 0 Å². The van der Waals surface area contributed by atoms with E-state index in [2.05, 4.69) is 27.7 Å². The van der Waals surface area contributed by atoms with Gasteiger partial charge < -0.3 is 5.11 Å². The normalized spacial score (nSPS) is 55.6. The Bertz CT molecular complexity index is 744. The number of hydrogen-bond donors (Lipinski definition) is 1. The first-order chi connectivity index (χ1) is 14.1. The first-order valence-electron chi connectivity index (χ1n) is 12.9. The molecule has 0 spiro atoms. The first-order valence-corrected chi connectivity index (χ1v) is 12.9. The molecule has 5 aliphatic rings. The number of Topliss-reactive ketones (excluding diaryl/α,β-unsaturated/α-hetero) is 1. The van der Waals surface area contributed by atoms with Crippen LogP contribution in [-0.2, 0) is 9.59 Å². The summed E-state index contributed by atoms with van der Waals surface area (Å²) in [6.45, 7) is 9.66. The van der Waals surface area contributed by atoms with Gasteiger partial charge in [0.15, 0.2) is 0 Å². The molecule has 5 rings (SSSR count). The molecule has 0 saturated heterocycles. The average molecular weight is 415 g/mol. The van der Waals surface area contributed by atoms with Crippen molar-refractivity contribution in [2.45, 2.75) is 98.3 Å². The van der Waals surface area contributed by atoms with Crippen LogP contribution in [0.1, 0.15) is 98.3 Å². The SMILES string of the molecule is CC1CCCC2(C(=O)O)CCC3C(CCC4C5(C)CCC(=O)C(C)C5CCC34C)C12. The van der Waals surface area contributed by atoms with Crippen molar-refractivity contribution in [2.24, 2.45) is 57.7 Å². The van der Waals surface area contributed by atoms with Crippen LogP contribution in [0.4, 0.5) is 0 Å². The fourth-order valence-corrected chi connectivity index (χ4v) is 10.7. The predicted octanol–water partition coefficient (Wildman–Crippen LogP) is 6.35. The summed E-state index contributed by atoms with van der Waals surface area (Å²) in [6, 6.07) is 0. The molecule has 0 heterocycles. The molecule has 30 heavy (non-hydrogen) atoms. The summed E-state index contributed by atoms with van der Waals surface area (Å²) in [5.74, 6) is 3.68. The van der Waals surface area contributed by atoms with Crippen molar-refractivity contribution in [3.63, 3.8) is 0 Å². The maximum atomic E-state index is 12.6. The maximum absolute atomic E-state index is 12.6. The molecule has 0 aromatic rings. The molecule has 0 aliphatic heterocycles. The molecule has 1 N–H and O–H groups in total. The second-order valence-corrected chi connectivity index (χ2v) is 12.7. The van der Waals surface area contributed by atoms with E-state index in [4.69, 9.17) is 0 Å². The van der Waals surface area contributed by atoms with Crippen LogP contribution >= 0.6 is 0 Å². The van der Waals surface area contributed by atoms with Crippen molar-refractivity contribution in [3.05, 3.63) is 0 Å². The van der Waals surface area contributed by atoms with Gasteiger partial charge in [-0.3, -0.25) is 9.59 Å². The molecule has 0 bridgehead atoms. The smallest absolute Gasteiger partial charge is 0.309 e. The Hall–Kier alpha value is -0.860. The van der Waals surface area contributed by atoms with Crippen LogP contribution in [0.25, 0.3) is 0 Å². The number of hydrogen-bond acceptors (Lipinski definition) is 2. The molecule has 0 aromatic heterocycles. The van der Waals surface area contributed by atoms with E-state index in [1.54, 1.807) is 0 Å². The lowest BCUT2D eigenvalue weighted by atomic mass is 9.36. The Kier molecular flexibility index (Phi) is 4.77. The van der Waals surface area contributed by atoms with Crippen LogP contribution in [0.3, 0.4) is 0 Å². The predicted molar refractivity (Wildman–Crippen MR) is 118 cm³/mol. The summed E-state index contributed by atoms with van der Waals surface area (Å²) in [5.41, 5.74) is 0.176. The second kappa shape index (κ2) is 6.82. The number of aliphatic carboxylic acids is 1. The van der Waals surface area contributed by atoms with Gasteiger partial charge in [0.05, 0.1) is 5.41 Å². The lowest BCUT2D eigenvalue weighted by Gasteiger charge is -2.68. The number of ketones is 1. The van der Waals surface area contributed by atoms with Crippen molar-refractivity contribution in [3.8, 4) is 0 Å². The van der Waals surface area contributed by atoms with Crippen LogP contribution in [0.2, 0.25) is 0 Å². The summed E-state index contributed by atoms with van der Waals surface area (Å²) < 4.78 is 0. The summed E-state index contributed by atoms with van der Waals surface area (Å²) in [6.07, 6.45) is 12.0. The fourth-order valence-electron chi connectivity index (χ4n) is 10.7. The first kappa shape index (κ1) is 21.0. The van der Waals surface area contributed by atoms with Crippen molar-refractivity contribution >= 4 is 11.8 Å². The van der Waals surface area contributed by atoms with Crippen molar-refractivity contribution in [2.75, 3.05) is 0 Å². The lowest BCUT2D eigenvalue weighted by molar-refractivity contribution is -0.205. The minimum absolute atomic E-state index is 0.232. The Morgan fingerprint density at radius 1 is 0.900 bits per heavy atom. The van der Waals surface area contributed by atoms with Gasteiger partial charge in [-0.2, -0.15) is 0 Å². The van der Waals surface area contributed by atoms with Gasteiger partial charge in [0, 0.05) is 12.3 Å². The molecule has 0 amide bonds. The molecule has 10 unspecified atom stereocenters. The van der Waals surface area contributed by atoms with Gasteiger partial charge in [0.1, 0.15) is 5.78 Å². The highest BCUT2D eigenvalue weighted by Crippen LogP contribution is 2.71. The molecular weight excluding hydrogens is 372 g/mol. The van der Waals surface area contributed by atoms with Gasteiger partial charge in [0.25, 0.3) is 0 Å². The largest absolute Gasteiger partial charge is 0.481 e. The highest BCUT2D eigenvalue weighted by molar-refractivity contribution is 5.82. The van der Waals surface area contributed by atoms with Crippen LogP contribution in [0.15, 0.2) is 0 Å². The molecule has 10 atom stereocenters. The van der Waals surface area contributed by atoms with Crippen LogP contribution in [-0.4, -0.2) is 16.9 Å². The third-order valence-corrected chi connectivity index (χ3v) is 11.9. The van der Waals surface area contributed by atoms with Gasteiger partial charge in [-0.1, -0.05) is 40.5 Å². The van der Waals surface area contributed by atoms with E-state index in [1.165, 1.54) is 32.1 Å². The number of fused-ring (bicyclic) bond motifs is 7. The Morgan fingerprint density at radius 3 is 2.33 bits per heavy atom. The third-order valence-electron chi connectivity index (χ3n) is 11.9. The van der Waals surface area contributed by atoms with E-state index < -0.39 is 11.4 Å². The summed E-state index contributed by atoms with van der Waals surface area (Å²) in [4.78, 5) is 25.1. The van der Waals surface area contributed by atoms with Crippen LogP contribution in [0.5, 0.6) is 0 Å². The third kappa shape index (κ3) is 2.56. The quantitative estimate of drug-likeness (QED) is 0.544. The van der Waals surface area contributed by atoms with Crippen LogP contribution < -0.4 is 0 Å². The van der Waals surface area contributed by atoms with E-state index in [0.29, 0.717) is 52.1 Å². The second-order valence-electron chi connectivity index (χ2n) is 12.7. The Morgan fingerprint density at radius 2 is 1.60 bits per heavy atom. The number of carbonyl (C=O) groups is 2. The van der Waals surface area contributed by atoms with E-state index >= 15 is 0 Å². The van der Waals surface area contributed by atoms with Crippen molar-refractivity contribution in [1.29, 1.82) is 0 Å². The Balaban J connectivity index is 1.50. The highest BCUT2D eigenvalue weighted by atomic mass is 16.4. The van der Waals surface area contributed by atoms with Gasteiger partial charge in [-0.05, 0) is 97.7 Å². The fraction of sp³-hybridized carbons (Fsp3) is 0.926. The van der Waals surface area contributed by atoms with Gasteiger partial charge in [-0.15, -0.1) is 0 Å². The minimum atomic E-state index is -0.500. The average Bonchev–Trinajstić information content (AvgIpc) is 2.70. The molecule has 5 aliphatic carbocycles. The monoisotopic (exact) mass is 414 g/mol. The van der Waals surface area contributed by atoms with Crippen molar-refractivity contribution in [1.82, 2.24) is 0 Å². The Labute approximate surface area is 182 Å². The molecule has 3 heteroatoms. The van der Waals surface area contributed by atoms with Gasteiger partial charge in [0.2, 0.25) is 0 Å². The summed E-state index contributed by atoms with van der Waals surface area (Å²) in [7, 11) is 0. The lowest BCUT2D eigenvalue weighted by Crippen LogP contribution is -2.63. The topological polar surface area (TPSA) is 54.4 Å². The number of carbonyl (C=O) groups excluding carboxylic acids is 1. The van der Waals surface area contributed by atoms with E-state index in [9.17, 15) is 14.7 Å². The van der Waals surface area contributed by atoms with E-state index in [1.807, 2.05) is 0 Å². The molecule has 0 aromatic carbocycles. The molecule has 168 valence electrons. The van der Waals surface area contributed by atoms with Crippen LogP contribution in [0, 0.1) is 57.7 Å². The highest BCUT2D eigenvalue weighted by Gasteiger charge is 2.66. The number of rotatable bonds is 1. The van der Waals surface area contributed by atoms with E-state index in [0.717, 1.165) is 38.5 Å². The van der Waals surface area contributed by atoms with E-state index in [-0.39, 0.29) is 5.92 Å². The molecule has 5 fully saturated rings. The molecule has 5 saturated carbocycles. The maximum Gasteiger partial charge on any atom is 0.309 e. The molecule has 0 radical (unpaired) electrons. The number of carboxylic acids is 1. The zero-order valence-corrected chi connectivity index (χ0v) is 19.6. The number of carboxylic acid groups (broad SMARTS) is 1. The summed E-state index contributed by atoms with van der Waals surface area (Å²) >= 11 is 0. The zero-order chi connectivity index (χ0) is 21.5. The van der Waals surface area contributed by atoms with Crippen molar-refractivity contribution < 1.29 is 14.7 Å². The molecule has 3 nitrogen and oxygen atoms in total. The molecular formula is C27H42O3. The zero-order valence-electron chi connectivity index (χ0n) is 19.6.